The molecule has 4 heteroatoms. The van der Waals surface area contributed by atoms with Crippen LogP contribution in [-0.2, 0) is 6.54 Å². The first-order valence-electron chi connectivity index (χ1n) is 3.99. The molecule has 0 aliphatic rings. The van der Waals surface area contributed by atoms with Gasteiger partial charge in [-0.25, -0.2) is 5.01 Å². The Hall–Kier alpha value is -0.710. The lowest BCUT2D eigenvalue weighted by atomic mass is 10.2. The summed E-state index contributed by atoms with van der Waals surface area (Å²) in [6, 6.07) is 7.81. The molecule has 0 spiro atoms. The van der Waals surface area contributed by atoms with Crippen LogP contribution in [0.2, 0.25) is 0 Å². The van der Waals surface area contributed by atoms with Crippen molar-refractivity contribution in [1.29, 1.82) is 0 Å². The third kappa shape index (κ3) is 3.26. The van der Waals surface area contributed by atoms with Gasteiger partial charge in [0.2, 0.25) is 0 Å². The van der Waals surface area contributed by atoms with E-state index in [9.17, 15) is 0 Å². The number of nitrogens with two attached hydrogens (primary N) is 1. The van der Waals surface area contributed by atoms with Gasteiger partial charge in [0.25, 0.3) is 0 Å². The number of hydrogen-bond donors (Lipinski definition) is 2. The maximum atomic E-state index is 5.60. The van der Waals surface area contributed by atoms with Gasteiger partial charge in [0.1, 0.15) is 5.75 Å². The Kier molecular flexibility index (Phi) is 4.08. The summed E-state index contributed by atoms with van der Waals surface area (Å²) in [5.74, 6) is 7.01. The molecule has 0 aromatic heterocycles. The van der Waals surface area contributed by atoms with Crippen molar-refractivity contribution in [2.75, 3.05) is 13.0 Å². The second-order valence-corrected chi connectivity index (χ2v) is 3.02. The summed E-state index contributed by atoms with van der Waals surface area (Å²) < 4.78 is 5.04. The lowest BCUT2D eigenvalue weighted by Gasteiger charge is -2.12. The Labute approximate surface area is 83.9 Å². The normalized spacial score (nSPS) is 10.5. The summed E-state index contributed by atoms with van der Waals surface area (Å²) in [6.45, 7) is 0.702. The van der Waals surface area contributed by atoms with Crippen LogP contribution in [-0.4, -0.2) is 18.0 Å². The predicted molar refractivity (Wildman–Crippen MR) is 56.6 cm³/mol. The van der Waals surface area contributed by atoms with E-state index < -0.39 is 0 Å². The summed E-state index contributed by atoms with van der Waals surface area (Å²) in [6.07, 6.45) is 0. The summed E-state index contributed by atoms with van der Waals surface area (Å²) in [7, 11) is 1.65. The van der Waals surface area contributed by atoms with Crippen LogP contribution in [0.4, 0.5) is 0 Å². The van der Waals surface area contributed by atoms with Crippen molar-refractivity contribution in [3.8, 4) is 5.75 Å². The first-order valence-corrected chi connectivity index (χ1v) is 4.63. The van der Waals surface area contributed by atoms with Crippen LogP contribution in [0, 0.1) is 0 Å². The zero-order valence-corrected chi connectivity index (χ0v) is 8.50. The highest BCUT2D eigenvalue weighted by Crippen LogP contribution is 2.11. The van der Waals surface area contributed by atoms with Crippen molar-refractivity contribution >= 4 is 12.6 Å². The molecule has 13 heavy (non-hydrogen) atoms. The van der Waals surface area contributed by atoms with Crippen molar-refractivity contribution in [2.24, 2.45) is 5.84 Å². The zero-order valence-electron chi connectivity index (χ0n) is 7.60. The van der Waals surface area contributed by atoms with Crippen molar-refractivity contribution in [3.05, 3.63) is 29.8 Å². The fourth-order valence-electron chi connectivity index (χ4n) is 1.02. The fourth-order valence-corrected chi connectivity index (χ4v) is 1.12. The van der Waals surface area contributed by atoms with Gasteiger partial charge in [-0.3, -0.25) is 5.84 Å². The van der Waals surface area contributed by atoms with Crippen LogP contribution < -0.4 is 10.6 Å². The molecule has 0 heterocycles. The number of rotatable bonds is 4. The first kappa shape index (κ1) is 10.4. The molecular weight excluding hydrogens is 184 g/mol. The van der Waals surface area contributed by atoms with Gasteiger partial charge in [-0.15, -0.1) is 0 Å². The Morgan fingerprint density at radius 3 is 2.46 bits per heavy atom. The number of ether oxygens (including phenoxy) is 1. The molecule has 0 fully saturated rings. The van der Waals surface area contributed by atoms with Gasteiger partial charge in [-0.1, -0.05) is 12.1 Å². The van der Waals surface area contributed by atoms with Crippen LogP contribution in [0.3, 0.4) is 0 Å². The second kappa shape index (κ2) is 5.11. The molecule has 0 aliphatic heterocycles. The fraction of sp³-hybridized carbons (Fsp3) is 0.333. The van der Waals surface area contributed by atoms with Crippen molar-refractivity contribution < 1.29 is 4.74 Å². The largest absolute Gasteiger partial charge is 0.497 e. The molecule has 0 radical (unpaired) electrons. The van der Waals surface area contributed by atoms with Crippen LogP contribution in [0.5, 0.6) is 5.75 Å². The lowest BCUT2D eigenvalue weighted by molar-refractivity contribution is 0.327. The summed E-state index contributed by atoms with van der Waals surface area (Å²) in [5, 5.41) is 1.63. The Morgan fingerprint density at radius 1 is 1.38 bits per heavy atom. The van der Waals surface area contributed by atoms with E-state index in [1.54, 1.807) is 12.1 Å². The molecule has 0 aliphatic carbocycles. The molecule has 1 aromatic carbocycles. The molecule has 0 atom stereocenters. The molecule has 3 nitrogen and oxygen atoms in total. The molecule has 0 saturated heterocycles. The van der Waals surface area contributed by atoms with E-state index >= 15 is 0 Å². The van der Waals surface area contributed by atoms with Crippen LogP contribution in [0.1, 0.15) is 5.56 Å². The van der Waals surface area contributed by atoms with Crippen LogP contribution >= 0.6 is 12.6 Å². The van der Waals surface area contributed by atoms with Crippen molar-refractivity contribution in [1.82, 2.24) is 5.01 Å². The average Bonchev–Trinajstić information content (AvgIpc) is 2.19. The number of benzene rings is 1. The molecule has 0 bridgehead atoms. The maximum absolute atomic E-state index is 5.60. The summed E-state index contributed by atoms with van der Waals surface area (Å²) in [4.78, 5) is 0. The van der Waals surface area contributed by atoms with Gasteiger partial charge in [-0.2, -0.15) is 12.6 Å². The van der Waals surface area contributed by atoms with Crippen molar-refractivity contribution in [2.45, 2.75) is 6.54 Å². The minimum Gasteiger partial charge on any atom is -0.497 e. The Balaban J connectivity index is 2.58. The quantitative estimate of drug-likeness (QED) is 0.331. The van der Waals surface area contributed by atoms with E-state index in [-0.39, 0.29) is 0 Å². The molecule has 1 aromatic rings. The van der Waals surface area contributed by atoms with Crippen molar-refractivity contribution in [3.63, 3.8) is 0 Å². The zero-order chi connectivity index (χ0) is 9.68. The number of hydrogen-bond acceptors (Lipinski definition) is 4. The summed E-state index contributed by atoms with van der Waals surface area (Å²) >= 11 is 4.06. The third-order valence-electron chi connectivity index (χ3n) is 1.73. The first-order chi connectivity index (χ1) is 6.26. The highest BCUT2D eigenvalue weighted by molar-refractivity contribution is 7.80. The van der Waals surface area contributed by atoms with Gasteiger partial charge >= 0.3 is 0 Å². The van der Waals surface area contributed by atoms with Gasteiger partial charge < -0.3 is 4.74 Å². The van der Waals surface area contributed by atoms with Gasteiger partial charge in [0.05, 0.1) is 13.0 Å². The number of hydrazine groups is 1. The number of nitrogens with zero attached hydrogens (tertiary/aromatic N) is 1. The predicted octanol–water partition coefficient (Wildman–Crippen LogP) is 1.26. The van der Waals surface area contributed by atoms with E-state index in [0.717, 1.165) is 11.3 Å². The van der Waals surface area contributed by atoms with E-state index in [2.05, 4.69) is 12.6 Å². The molecular formula is C9H14N2OS. The molecule has 0 unspecified atom stereocenters. The minimum atomic E-state index is 0.548. The maximum Gasteiger partial charge on any atom is 0.118 e. The second-order valence-electron chi connectivity index (χ2n) is 2.74. The Bertz CT molecular complexity index is 250. The third-order valence-corrected chi connectivity index (χ3v) is 2.09. The topological polar surface area (TPSA) is 38.5 Å². The monoisotopic (exact) mass is 198 g/mol. The molecule has 0 saturated carbocycles. The van der Waals surface area contributed by atoms with Crippen LogP contribution in [0.15, 0.2) is 24.3 Å². The number of methoxy groups -OCH3 is 1. The highest BCUT2D eigenvalue weighted by atomic mass is 32.1. The summed E-state index contributed by atoms with van der Waals surface area (Å²) in [5.41, 5.74) is 1.15. The van der Waals surface area contributed by atoms with Gasteiger partial charge in [-0.05, 0) is 17.7 Å². The van der Waals surface area contributed by atoms with E-state index in [1.165, 1.54) is 0 Å². The average molecular weight is 198 g/mol. The van der Waals surface area contributed by atoms with E-state index in [4.69, 9.17) is 10.6 Å². The van der Waals surface area contributed by atoms with E-state index in [1.807, 2.05) is 24.3 Å². The number of thiol groups is 1. The van der Waals surface area contributed by atoms with Gasteiger partial charge in [0, 0.05) is 6.54 Å². The molecule has 1 rings (SSSR count). The smallest absolute Gasteiger partial charge is 0.118 e. The van der Waals surface area contributed by atoms with E-state index in [0.29, 0.717) is 12.4 Å². The SMILES string of the molecule is COc1ccc(CN(N)CS)cc1. The minimum absolute atomic E-state index is 0.548. The Morgan fingerprint density at radius 2 is 2.00 bits per heavy atom. The highest BCUT2D eigenvalue weighted by Gasteiger charge is 1.98. The van der Waals surface area contributed by atoms with Crippen LogP contribution in [0.25, 0.3) is 0 Å². The van der Waals surface area contributed by atoms with Gasteiger partial charge in [0.15, 0.2) is 0 Å². The molecule has 72 valence electrons. The molecule has 0 amide bonds. The lowest BCUT2D eigenvalue weighted by Crippen LogP contribution is -2.28. The molecule has 2 N–H and O–H groups in total. The standard InChI is InChI=1S/C9H14N2OS/c1-12-9-4-2-8(3-5-9)6-11(10)7-13/h2-5,13H,6-7,10H2,1H3.